The summed E-state index contributed by atoms with van der Waals surface area (Å²) in [6.07, 6.45) is 10.4. The summed E-state index contributed by atoms with van der Waals surface area (Å²) in [6, 6.07) is 8.90. The van der Waals surface area contributed by atoms with Gasteiger partial charge in [-0.15, -0.1) is 11.8 Å². The fourth-order valence-electron chi connectivity index (χ4n) is 6.05. The van der Waals surface area contributed by atoms with Crippen LogP contribution in [0.4, 0.5) is 5.69 Å². The molecule has 1 unspecified atom stereocenters. The third kappa shape index (κ3) is 3.91. The van der Waals surface area contributed by atoms with Gasteiger partial charge in [0.15, 0.2) is 0 Å². The van der Waals surface area contributed by atoms with Crippen LogP contribution in [0.15, 0.2) is 54.6 Å². The number of anilines is 1. The zero-order valence-corrected chi connectivity index (χ0v) is 20.9. The first-order chi connectivity index (χ1) is 17.0. The summed E-state index contributed by atoms with van der Waals surface area (Å²) >= 11 is 1.60. The standard InChI is InChI=1S/C27H33N3O4S/c1-2-3-14-28-15-8-13-27-22(25(33)30(17-9-18-31)23(27)26(28)34)21-20(35-27)12-7-16-29(24(21)32)19-10-5-4-6-11-19/h4-8,10-13,20-23,31H,2-3,9,14-18H2,1H3/t20-,21+,22-,23?,27-/m0/s1. The summed E-state index contributed by atoms with van der Waals surface area (Å²) in [4.78, 5) is 47.2. The quantitative estimate of drug-likeness (QED) is 0.588. The van der Waals surface area contributed by atoms with Gasteiger partial charge in [0.05, 0.1) is 16.6 Å². The molecule has 8 heteroatoms. The van der Waals surface area contributed by atoms with Crippen molar-refractivity contribution in [1.82, 2.24) is 9.80 Å². The van der Waals surface area contributed by atoms with Crippen molar-refractivity contribution in [2.75, 3.05) is 37.7 Å². The first-order valence-electron chi connectivity index (χ1n) is 12.6. The number of amides is 3. The molecule has 0 aliphatic carbocycles. The highest BCUT2D eigenvalue weighted by Crippen LogP contribution is 2.61. The van der Waals surface area contributed by atoms with Crippen molar-refractivity contribution in [3.63, 3.8) is 0 Å². The summed E-state index contributed by atoms with van der Waals surface area (Å²) in [5, 5.41) is 9.33. The molecular formula is C27H33N3O4S. The third-order valence-electron chi connectivity index (χ3n) is 7.65. The molecule has 4 aliphatic rings. The number of rotatable bonds is 7. The van der Waals surface area contributed by atoms with Crippen molar-refractivity contribution in [2.24, 2.45) is 11.8 Å². The van der Waals surface area contributed by atoms with Gasteiger partial charge in [0.1, 0.15) is 6.04 Å². The molecule has 3 amide bonds. The van der Waals surface area contributed by atoms with Gasteiger partial charge in [-0.25, -0.2) is 0 Å². The number of benzene rings is 1. The summed E-state index contributed by atoms with van der Waals surface area (Å²) in [6.45, 7) is 3.98. The molecule has 2 fully saturated rings. The molecule has 5 atom stereocenters. The van der Waals surface area contributed by atoms with E-state index in [0.29, 0.717) is 32.6 Å². The Kier molecular flexibility index (Phi) is 6.77. The molecule has 5 rings (SSSR count). The number of likely N-dealkylation sites (tertiary alicyclic amines) is 1. The van der Waals surface area contributed by atoms with Crippen LogP contribution in [0.3, 0.4) is 0 Å². The topological polar surface area (TPSA) is 81.2 Å². The fourth-order valence-corrected chi connectivity index (χ4v) is 8.06. The molecule has 1 aromatic carbocycles. The number of hydrogen-bond donors (Lipinski definition) is 1. The number of unbranched alkanes of at least 4 members (excludes halogenated alkanes) is 1. The molecule has 0 aromatic heterocycles. The fraction of sp³-hybridized carbons (Fsp3) is 0.519. The second-order valence-corrected chi connectivity index (χ2v) is 11.2. The van der Waals surface area contributed by atoms with E-state index in [1.165, 1.54) is 0 Å². The Bertz CT molecular complexity index is 1040. The zero-order valence-electron chi connectivity index (χ0n) is 20.1. The number of carbonyl (C=O) groups excluding carboxylic acids is 3. The van der Waals surface area contributed by atoms with Gasteiger partial charge in [0, 0.05) is 43.7 Å². The van der Waals surface area contributed by atoms with E-state index in [9.17, 15) is 19.5 Å². The van der Waals surface area contributed by atoms with Crippen molar-refractivity contribution in [3.8, 4) is 0 Å². The highest BCUT2D eigenvalue weighted by molar-refractivity contribution is 8.02. The van der Waals surface area contributed by atoms with Crippen molar-refractivity contribution in [1.29, 1.82) is 0 Å². The van der Waals surface area contributed by atoms with Crippen molar-refractivity contribution < 1.29 is 19.5 Å². The molecule has 186 valence electrons. The van der Waals surface area contributed by atoms with Crippen LogP contribution < -0.4 is 4.90 Å². The minimum atomic E-state index is -0.792. The normalized spacial score (nSPS) is 31.9. The van der Waals surface area contributed by atoms with Crippen LogP contribution >= 0.6 is 11.8 Å². The van der Waals surface area contributed by atoms with Crippen LogP contribution in [0.2, 0.25) is 0 Å². The lowest BCUT2D eigenvalue weighted by Gasteiger charge is -2.35. The molecule has 4 heterocycles. The monoisotopic (exact) mass is 495 g/mol. The van der Waals surface area contributed by atoms with Gasteiger partial charge in [-0.1, -0.05) is 55.8 Å². The first kappa shape index (κ1) is 24.1. The lowest BCUT2D eigenvalue weighted by atomic mass is 9.78. The maximum Gasteiger partial charge on any atom is 0.247 e. The highest BCUT2D eigenvalue weighted by atomic mass is 32.2. The van der Waals surface area contributed by atoms with Crippen molar-refractivity contribution in [3.05, 3.63) is 54.6 Å². The van der Waals surface area contributed by atoms with Gasteiger partial charge in [-0.2, -0.15) is 0 Å². The molecule has 4 aliphatic heterocycles. The van der Waals surface area contributed by atoms with E-state index < -0.39 is 22.6 Å². The zero-order chi connectivity index (χ0) is 24.6. The second kappa shape index (κ2) is 9.82. The Hall–Kier alpha value is -2.58. The summed E-state index contributed by atoms with van der Waals surface area (Å²) in [5.74, 6) is -1.42. The number of carbonyl (C=O) groups is 3. The summed E-state index contributed by atoms with van der Waals surface area (Å²) < 4.78 is -0.792. The van der Waals surface area contributed by atoms with E-state index in [4.69, 9.17) is 0 Å². The number of thioether (sulfide) groups is 1. The average molecular weight is 496 g/mol. The van der Waals surface area contributed by atoms with E-state index >= 15 is 0 Å². The first-order valence-corrected chi connectivity index (χ1v) is 13.5. The minimum Gasteiger partial charge on any atom is -0.396 e. The molecule has 1 N–H and O–H groups in total. The average Bonchev–Trinajstić information content (AvgIpc) is 3.18. The van der Waals surface area contributed by atoms with Gasteiger partial charge < -0.3 is 19.8 Å². The van der Waals surface area contributed by atoms with E-state index in [-0.39, 0.29) is 29.6 Å². The van der Waals surface area contributed by atoms with Gasteiger partial charge in [-0.3, -0.25) is 14.4 Å². The Morgan fingerprint density at radius 1 is 1.00 bits per heavy atom. The van der Waals surface area contributed by atoms with Crippen LogP contribution in [0, 0.1) is 11.8 Å². The van der Waals surface area contributed by atoms with Crippen LogP contribution in [-0.2, 0) is 14.4 Å². The smallest absolute Gasteiger partial charge is 0.247 e. The number of aliphatic hydroxyl groups excluding tert-OH is 1. The number of aliphatic hydroxyl groups is 1. The Morgan fingerprint density at radius 3 is 2.54 bits per heavy atom. The predicted molar refractivity (Wildman–Crippen MR) is 137 cm³/mol. The number of para-hydroxylation sites is 1. The molecule has 35 heavy (non-hydrogen) atoms. The van der Waals surface area contributed by atoms with Crippen molar-refractivity contribution in [2.45, 2.75) is 42.2 Å². The lowest BCUT2D eigenvalue weighted by molar-refractivity contribution is -0.142. The Balaban J connectivity index is 1.56. The molecule has 0 bridgehead atoms. The second-order valence-electron chi connectivity index (χ2n) is 9.70. The Morgan fingerprint density at radius 2 is 1.80 bits per heavy atom. The van der Waals surface area contributed by atoms with E-state index in [1.807, 2.05) is 47.4 Å². The summed E-state index contributed by atoms with van der Waals surface area (Å²) in [5.41, 5.74) is 0.811. The van der Waals surface area contributed by atoms with Gasteiger partial charge in [0.2, 0.25) is 17.7 Å². The molecule has 1 spiro atoms. The largest absolute Gasteiger partial charge is 0.396 e. The minimum absolute atomic E-state index is 0.0439. The number of fused-ring (bicyclic) bond motifs is 2. The molecule has 1 aromatic rings. The Labute approximate surface area is 210 Å². The van der Waals surface area contributed by atoms with Crippen LogP contribution in [-0.4, -0.2) is 81.5 Å². The SMILES string of the molecule is CCCCN1CC=C[C@]23S[C@H]4C=CCN(c5ccccc5)C(=O)[C@H]4[C@H]2C(=O)N(CCCO)C3C1=O. The van der Waals surface area contributed by atoms with E-state index in [0.717, 1.165) is 18.5 Å². The molecule has 7 nitrogen and oxygen atoms in total. The van der Waals surface area contributed by atoms with E-state index in [2.05, 4.69) is 19.1 Å². The predicted octanol–water partition coefficient (Wildman–Crippen LogP) is 2.47. The number of nitrogens with zero attached hydrogens (tertiary/aromatic N) is 3. The van der Waals surface area contributed by atoms with Crippen LogP contribution in [0.25, 0.3) is 0 Å². The molecule has 0 radical (unpaired) electrons. The van der Waals surface area contributed by atoms with Crippen LogP contribution in [0.1, 0.15) is 26.2 Å². The molecular weight excluding hydrogens is 462 g/mol. The highest BCUT2D eigenvalue weighted by Gasteiger charge is 2.70. The van der Waals surface area contributed by atoms with Gasteiger partial charge >= 0.3 is 0 Å². The van der Waals surface area contributed by atoms with Gasteiger partial charge in [-0.05, 0) is 25.0 Å². The molecule has 0 saturated carbocycles. The third-order valence-corrected chi connectivity index (χ3v) is 9.39. The van der Waals surface area contributed by atoms with Crippen molar-refractivity contribution >= 4 is 35.2 Å². The van der Waals surface area contributed by atoms with Crippen LogP contribution in [0.5, 0.6) is 0 Å². The number of hydrogen-bond acceptors (Lipinski definition) is 5. The van der Waals surface area contributed by atoms with Gasteiger partial charge in [0.25, 0.3) is 0 Å². The molecule has 2 saturated heterocycles. The van der Waals surface area contributed by atoms with E-state index in [1.54, 1.807) is 21.6 Å². The summed E-state index contributed by atoms with van der Waals surface area (Å²) in [7, 11) is 0. The maximum absolute atomic E-state index is 14.0. The lowest BCUT2D eigenvalue weighted by Crippen LogP contribution is -2.53. The maximum atomic E-state index is 14.0.